The predicted molar refractivity (Wildman–Crippen MR) is 65.3 cm³/mol. The first-order valence-electron chi connectivity index (χ1n) is 5.41. The van der Waals surface area contributed by atoms with Crippen LogP contribution in [0.5, 0.6) is 0 Å². The van der Waals surface area contributed by atoms with Crippen LogP contribution in [0.4, 0.5) is 14.5 Å². The maximum Gasteiger partial charge on any atom is 0.150 e. The summed E-state index contributed by atoms with van der Waals surface area (Å²) in [7, 11) is 0. The van der Waals surface area contributed by atoms with Crippen LogP contribution < -0.4 is 5.32 Å². The topological polar surface area (TPSA) is 32.3 Å². The molecule has 0 aliphatic carbocycles. The Morgan fingerprint density at radius 2 is 2.06 bits per heavy atom. The van der Waals surface area contributed by atoms with Gasteiger partial charge in [-0.2, -0.15) is 0 Å². The highest BCUT2D eigenvalue weighted by Crippen LogP contribution is 2.28. The Morgan fingerprint density at radius 1 is 1.41 bits per heavy atom. The van der Waals surface area contributed by atoms with Crippen molar-refractivity contribution in [1.29, 1.82) is 0 Å². The number of hydrogen-bond acceptors (Lipinski definition) is 2. The lowest BCUT2D eigenvalue weighted by atomic mass is 9.88. The standard InChI is InChI=1S/C12H16ClF2NO/c1-3-12(2,7-17)6-16-11-9(13)4-8(14)5-10(11)15/h4-5,16-17H,3,6-7H2,1-2H3. The second-order valence-corrected chi connectivity index (χ2v) is 4.83. The summed E-state index contributed by atoms with van der Waals surface area (Å²) in [5, 5.41) is 12.0. The molecule has 17 heavy (non-hydrogen) atoms. The SMILES string of the molecule is CCC(C)(CO)CNc1c(F)cc(F)cc1Cl. The molecule has 0 saturated heterocycles. The van der Waals surface area contributed by atoms with Gasteiger partial charge in [-0.25, -0.2) is 8.78 Å². The highest BCUT2D eigenvalue weighted by Gasteiger charge is 2.22. The van der Waals surface area contributed by atoms with Gasteiger partial charge in [-0.3, -0.25) is 0 Å². The first-order valence-corrected chi connectivity index (χ1v) is 5.79. The van der Waals surface area contributed by atoms with E-state index in [9.17, 15) is 13.9 Å². The van der Waals surface area contributed by atoms with Crippen LogP contribution in [0.3, 0.4) is 0 Å². The number of aliphatic hydroxyl groups excluding tert-OH is 1. The average Bonchev–Trinajstić information content (AvgIpc) is 2.27. The van der Waals surface area contributed by atoms with E-state index in [4.69, 9.17) is 11.6 Å². The number of halogens is 3. The van der Waals surface area contributed by atoms with Gasteiger partial charge in [0, 0.05) is 18.0 Å². The molecular weight excluding hydrogens is 248 g/mol. The summed E-state index contributed by atoms with van der Waals surface area (Å²) in [6.45, 7) is 4.15. The number of aliphatic hydroxyl groups is 1. The van der Waals surface area contributed by atoms with Crippen molar-refractivity contribution >= 4 is 17.3 Å². The Hall–Kier alpha value is -0.870. The summed E-state index contributed by atoms with van der Waals surface area (Å²) < 4.78 is 26.3. The minimum Gasteiger partial charge on any atom is -0.396 e. The van der Waals surface area contributed by atoms with E-state index >= 15 is 0 Å². The molecule has 1 unspecified atom stereocenters. The van der Waals surface area contributed by atoms with E-state index in [1.54, 1.807) is 0 Å². The smallest absolute Gasteiger partial charge is 0.150 e. The quantitative estimate of drug-likeness (QED) is 0.853. The molecule has 0 fully saturated rings. The maximum atomic E-state index is 13.4. The van der Waals surface area contributed by atoms with Crippen molar-refractivity contribution in [2.24, 2.45) is 5.41 Å². The van der Waals surface area contributed by atoms with E-state index in [2.05, 4.69) is 5.32 Å². The van der Waals surface area contributed by atoms with E-state index in [0.29, 0.717) is 6.54 Å². The Bertz CT molecular complexity index is 371. The first kappa shape index (κ1) is 14.2. The van der Waals surface area contributed by atoms with Crippen molar-refractivity contribution < 1.29 is 13.9 Å². The molecule has 0 saturated carbocycles. The van der Waals surface area contributed by atoms with E-state index in [0.717, 1.165) is 18.6 Å². The van der Waals surface area contributed by atoms with E-state index in [1.807, 2.05) is 13.8 Å². The van der Waals surface area contributed by atoms with Crippen LogP contribution in [-0.4, -0.2) is 18.3 Å². The molecule has 1 aromatic carbocycles. The number of hydrogen-bond donors (Lipinski definition) is 2. The van der Waals surface area contributed by atoms with Gasteiger partial charge in [0.1, 0.15) is 5.82 Å². The van der Waals surface area contributed by atoms with Gasteiger partial charge in [-0.1, -0.05) is 25.4 Å². The van der Waals surface area contributed by atoms with E-state index < -0.39 is 11.6 Å². The molecule has 0 bridgehead atoms. The van der Waals surface area contributed by atoms with Crippen LogP contribution in [0.25, 0.3) is 0 Å². The molecule has 0 heterocycles. The first-order chi connectivity index (χ1) is 7.91. The third kappa shape index (κ3) is 3.54. The van der Waals surface area contributed by atoms with Gasteiger partial charge < -0.3 is 10.4 Å². The van der Waals surface area contributed by atoms with Crippen LogP contribution in [0.2, 0.25) is 5.02 Å². The Balaban J connectivity index is 2.83. The van der Waals surface area contributed by atoms with Gasteiger partial charge in [0.05, 0.1) is 17.3 Å². The fourth-order valence-electron chi connectivity index (χ4n) is 1.31. The molecule has 96 valence electrons. The Kier molecular flexibility index (Phi) is 4.71. The maximum absolute atomic E-state index is 13.4. The summed E-state index contributed by atoms with van der Waals surface area (Å²) in [4.78, 5) is 0. The van der Waals surface area contributed by atoms with Crippen molar-refractivity contribution in [1.82, 2.24) is 0 Å². The fraction of sp³-hybridized carbons (Fsp3) is 0.500. The highest BCUT2D eigenvalue weighted by atomic mass is 35.5. The molecule has 1 atom stereocenters. The van der Waals surface area contributed by atoms with Gasteiger partial charge >= 0.3 is 0 Å². The van der Waals surface area contributed by atoms with Gasteiger partial charge in [0.25, 0.3) is 0 Å². The molecule has 0 aromatic heterocycles. The van der Waals surface area contributed by atoms with Crippen LogP contribution in [-0.2, 0) is 0 Å². The molecule has 0 spiro atoms. The Labute approximate surface area is 105 Å². The van der Waals surface area contributed by atoms with Crippen LogP contribution in [0.15, 0.2) is 12.1 Å². The summed E-state index contributed by atoms with van der Waals surface area (Å²) in [5.41, 5.74) is -0.286. The number of nitrogens with one attached hydrogen (secondary N) is 1. The second kappa shape index (κ2) is 5.65. The predicted octanol–water partition coefficient (Wildman–Crippen LogP) is 3.44. The zero-order chi connectivity index (χ0) is 13.1. The van der Waals surface area contributed by atoms with Crippen molar-refractivity contribution in [3.63, 3.8) is 0 Å². The van der Waals surface area contributed by atoms with Gasteiger partial charge in [0.15, 0.2) is 5.82 Å². The molecule has 1 rings (SSSR count). The largest absolute Gasteiger partial charge is 0.396 e. The molecule has 1 aromatic rings. The normalized spacial score (nSPS) is 14.5. The van der Waals surface area contributed by atoms with E-state index in [-0.39, 0.29) is 22.7 Å². The van der Waals surface area contributed by atoms with Crippen molar-refractivity contribution in [3.8, 4) is 0 Å². The average molecular weight is 264 g/mol. The molecule has 2 N–H and O–H groups in total. The summed E-state index contributed by atoms with van der Waals surface area (Å²) in [5.74, 6) is -1.44. The molecular formula is C12H16ClF2NO. The zero-order valence-electron chi connectivity index (χ0n) is 9.86. The third-order valence-corrected chi connectivity index (χ3v) is 3.23. The van der Waals surface area contributed by atoms with Crippen LogP contribution >= 0.6 is 11.6 Å². The summed E-state index contributed by atoms with van der Waals surface area (Å²) in [6.07, 6.45) is 0.733. The van der Waals surface area contributed by atoms with Crippen LogP contribution in [0.1, 0.15) is 20.3 Å². The molecule has 0 aliphatic heterocycles. The molecule has 0 aliphatic rings. The van der Waals surface area contributed by atoms with Gasteiger partial charge in [0.2, 0.25) is 0 Å². The van der Waals surface area contributed by atoms with Crippen LogP contribution in [0, 0.1) is 17.0 Å². The van der Waals surface area contributed by atoms with Gasteiger partial charge in [-0.05, 0) is 12.5 Å². The zero-order valence-corrected chi connectivity index (χ0v) is 10.6. The number of rotatable bonds is 5. The van der Waals surface area contributed by atoms with Gasteiger partial charge in [-0.15, -0.1) is 0 Å². The minimum absolute atomic E-state index is 0.00103. The van der Waals surface area contributed by atoms with E-state index in [1.165, 1.54) is 0 Å². The number of benzene rings is 1. The third-order valence-electron chi connectivity index (χ3n) is 2.93. The van der Waals surface area contributed by atoms with Crippen molar-refractivity contribution in [3.05, 3.63) is 28.8 Å². The minimum atomic E-state index is -0.730. The lowest BCUT2D eigenvalue weighted by molar-refractivity contribution is 0.149. The second-order valence-electron chi connectivity index (χ2n) is 4.42. The molecule has 5 heteroatoms. The highest BCUT2D eigenvalue weighted by molar-refractivity contribution is 6.33. The summed E-state index contributed by atoms with van der Waals surface area (Å²) >= 11 is 5.75. The lowest BCUT2D eigenvalue weighted by Gasteiger charge is -2.26. The summed E-state index contributed by atoms with van der Waals surface area (Å²) in [6, 6.07) is 1.83. The van der Waals surface area contributed by atoms with Crippen molar-refractivity contribution in [2.45, 2.75) is 20.3 Å². The lowest BCUT2D eigenvalue weighted by Crippen LogP contribution is -2.29. The Morgan fingerprint density at radius 3 is 2.53 bits per heavy atom. The molecule has 0 radical (unpaired) electrons. The monoisotopic (exact) mass is 263 g/mol. The van der Waals surface area contributed by atoms with Crippen molar-refractivity contribution in [2.75, 3.05) is 18.5 Å². The molecule has 0 amide bonds. The number of anilines is 1. The molecule has 2 nitrogen and oxygen atoms in total. The fourth-order valence-corrected chi connectivity index (χ4v) is 1.57.